The van der Waals surface area contributed by atoms with Crippen LogP contribution in [0.1, 0.15) is 44.6 Å². The summed E-state index contributed by atoms with van der Waals surface area (Å²) >= 11 is 8.01. The molecule has 0 bridgehead atoms. The number of imide groups is 1. The summed E-state index contributed by atoms with van der Waals surface area (Å²) in [6.07, 6.45) is 5.56. The van der Waals surface area contributed by atoms with Crippen LogP contribution in [0, 0.1) is 0 Å². The van der Waals surface area contributed by atoms with E-state index in [-0.39, 0.29) is 5.91 Å². The zero-order valence-electron chi connectivity index (χ0n) is 16.4. The van der Waals surface area contributed by atoms with E-state index in [1.54, 1.807) is 18.8 Å². The minimum atomic E-state index is -0.526. The number of halogens is 1. The first-order valence-electron chi connectivity index (χ1n) is 9.81. The zero-order chi connectivity index (χ0) is 20.1. The number of thioether (sulfide) groups is 1. The predicted molar refractivity (Wildman–Crippen MR) is 115 cm³/mol. The number of amides is 3. The van der Waals surface area contributed by atoms with Crippen LogP contribution in [0.15, 0.2) is 29.3 Å². The second-order valence-corrected chi connectivity index (χ2v) is 8.63. The molecule has 152 valence electrons. The molecule has 6 nitrogen and oxygen atoms in total. The maximum absolute atomic E-state index is 12.6. The number of hydrogen-bond acceptors (Lipinski definition) is 5. The normalized spacial score (nSPS) is 21.6. The van der Waals surface area contributed by atoms with Crippen LogP contribution in [-0.4, -0.2) is 51.9 Å². The molecule has 8 heteroatoms. The van der Waals surface area contributed by atoms with Gasteiger partial charge in [-0.2, -0.15) is 0 Å². The quantitative estimate of drug-likeness (QED) is 0.641. The second-order valence-electron chi connectivity index (χ2n) is 7.16. The van der Waals surface area contributed by atoms with Crippen molar-refractivity contribution in [2.24, 2.45) is 4.99 Å². The number of amidine groups is 1. The number of rotatable bonds is 8. The highest BCUT2D eigenvalue weighted by molar-refractivity contribution is 8.13. The molecule has 0 aromatic heterocycles. The van der Waals surface area contributed by atoms with Gasteiger partial charge in [0.15, 0.2) is 17.4 Å². The Kier molecular flexibility index (Phi) is 7.24. The van der Waals surface area contributed by atoms with Crippen molar-refractivity contribution in [2.45, 2.75) is 57.8 Å². The molecule has 3 amide bonds. The molecule has 0 radical (unpaired) electrons. The molecule has 1 aromatic rings. The third-order valence-corrected chi connectivity index (χ3v) is 6.56. The average Bonchev–Trinajstić information content (AvgIpc) is 3.03. The standard InChI is InChI=1S/C20H27ClN4O2S/c1-3-4-5-6-9-12-28-20-22-17-16(18(26)23-19(27)24(17)2)25(20)13-14-10-7-8-11-15(14)21/h7-8,10-11,16-17H,3-6,9,12-13H2,1-2H3,(H,23,26,27). The monoisotopic (exact) mass is 422 g/mol. The number of aliphatic imine (C=N–C) groups is 1. The number of carbonyl (C=O) groups excluding carboxylic acids is 2. The number of fused-ring (bicyclic) bond motifs is 1. The lowest BCUT2D eigenvalue weighted by Gasteiger charge is -2.36. The Morgan fingerprint density at radius 3 is 2.68 bits per heavy atom. The smallest absolute Gasteiger partial charge is 0.325 e. The van der Waals surface area contributed by atoms with Gasteiger partial charge < -0.3 is 9.80 Å². The number of nitrogens with zero attached hydrogens (tertiary/aromatic N) is 3. The molecule has 1 aromatic carbocycles. The van der Waals surface area contributed by atoms with E-state index < -0.39 is 18.2 Å². The van der Waals surface area contributed by atoms with E-state index in [9.17, 15) is 9.59 Å². The maximum Gasteiger partial charge on any atom is 0.325 e. The highest BCUT2D eigenvalue weighted by Crippen LogP contribution is 2.31. The van der Waals surface area contributed by atoms with Crippen LogP contribution >= 0.6 is 23.4 Å². The van der Waals surface area contributed by atoms with Crippen molar-refractivity contribution in [1.29, 1.82) is 0 Å². The largest absolute Gasteiger partial charge is 0.331 e. The van der Waals surface area contributed by atoms with Crippen LogP contribution < -0.4 is 5.32 Å². The van der Waals surface area contributed by atoms with Crippen LogP contribution in [0.3, 0.4) is 0 Å². The third kappa shape index (κ3) is 4.63. The number of carbonyl (C=O) groups is 2. The molecule has 2 atom stereocenters. The van der Waals surface area contributed by atoms with Crippen molar-refractivity contribution >= 4 is 40.5 Å². The SMILES string of the molecule is CCCCCCCSC1=NC2C(C(=O)NC(=O)N2C)N1Cc1ccccc1Cl. The lowest BCUT2D eigenvalue weighted by atomic mass is 10.1. The van der Waals surface area contributed by atoms with Gasteiger partial charge >= 0.3 is 6.03 Å². The summed E-state index contributed by atoms with van der Waals surface area (Å²) in [7, 11) is 1.68. The lowest BCUT2D eigenvalue weighted by Crippen LogP contribution is -2.63. The molecule has 2 heterocycles. The molecule has 3 rings (SSSR count). The fraction of sp³-hybridized carbons (Fsp3) is 0.550. The van der Waals surface area contributed by atoms with Gasteiger partial charge in [0.2, 0.25) is 0 Å². The Hall–Kier alpha value is -1.73. The van der Waals surface area contributed by atoms with Gasteiger partial charge in [-0.3, -0.25) is 10.1 Å². The van der Waals surface area contributed by atoms with Crippen LogP contribution in [0.5, 0.6) is 0 Å². The first kappa shape index (κ1) is 21.0. The summed E-state index contributed by atoms with van der Waals surface area (Å²) in [6, 6.07) is 6.69. The van der Waals surface area contributed by atoms with Crippen molar-refractivity contribution in [3.8, 4) is 0 Å². The fourth-order valence-electron chi connectivity index (χ4n) is 3.47. The number of likely N-dealkylation sites (N-methyl/N-ethyl adjacent to an activating group) is 1. The van der Waals surface area contributed by atoms with Gasteiger partial charge in [-0.05, 0) is 18.1 Å². The van der Waals surface area contributed by atoms with Crippen LogP contribution in [-0.2, 0) is 11.3 Å². The molecule has 2 unspecified atom stereocenters. The zero-order valence-corrected chi connectivity index (χ0v) is 17.9. The van der Waals surface area contributed by atoms with Gasteiger partial charge in [0.1, 0.15) is 0 Å². The molecule has 2 aliphatic rings. The molecule has 0 saturated carbocycles. The Balaban J connectivity index is 1.74. The van der Waals surface area contributed by atoms with Crippen molar-refractivity contribution in [3.05, 3.63) is 34.9 Å². The molecule has 28 heavy (non-hydrogen) atoms. The summed E-state index contributed by atoms with van der Waals surface area (Å²) in [6.45, 7) is 2.69. The lowest BCUT2D eigenvalue weighted by molar-refractivity contribution is -0.127. The molecule has 1 saturated heterocycles. The van der Waals surface area contributed by atoms with Crippen LogP contribution in [0.4, 0.5) is 4.79 Å². The second kappa shape index (κ2) is 9.65. The summed E-state index contributed by atoms with van der Waals surface area (Å²) in [4.78, 5) is 32.8. The van der Waals surface area contributed by atoms with Crippen molar-refractivity contribution < 1.29 is 9.59 Å². The van der Waals surface area contributed by atoms with Crippen LogP contribution in [0.2, 0.25) is 5.02 Å². The molecule has 0 spiro atoms. The van der Waals surface area contributed by atoms with Crippen LogP contribution in [0.25, 0.3) is 0 Å². The van der Waals surface area contributed by atoms with E-state index in [1.807, 2.05) is 29.2 Å². The predicted octanol–water partition coefficient (Wildman–Crippen LogP) is 4.09. The van der Waals surface area contributed by atoms with Gasteiger partial charge in [0, 0.05) is 24.4 Å². The summed E-state index contributed by atoms with van der Waals surface area (Å²) in [5.74, 6) is 0.641. The molecule has 0 aliphatic carbocycles. The van der Waals surface area contributed by atoms with Gasteiger partial charge in [-0.1, -0.05) is 74.2 Å². The summed E-state index contributed by atoms with van der Waals surface area (Å²) in [5.41, 5.74) is 0.938. The van der Waals surface area contributed by atoms with Gasteiger partial charge in [-0.25, -0.2) is 9.79 Å². The molecule has 2 aliphatic heterocycles. The van der Waals surface area contributed by atoms with E-state index >= 15 is 0 Å². The highest BCUT2D eigenvalue weighted by atomic mass is 35.5. The Bertz CT molecular complexity index is 757. The fourth-order valence-corrected chi connectivity index (χ4v) is 4.72. The topological polar surface area (TPSA) is 65.0 Å². The Morgan fingerprint density at radius 1 is 1.18 bits per heavy atom. The van der Waals surface area contributed by atoms with E-state index in [0.29, 0.717) is 11.6 Å². The Labute approximate surface area is 175 Å². The highest BCUT2D eigenvalue weighted by Gasteiger charge is 2.48. The van der Waals surface area contributed by atoms with E-state index in [1.165, 1.54) is 30.6 Å². The Morgan fingerprint density at radius 2 is 1.93 bits per heavy atom. The minimum Gasteiger partial charge on any atom is -0.331 e. The molecular weight excluding hydrogens is 396 g/mol. The molecular formula is C20H27ClN4O2S. The maximum atomic E-state index is 12.6. The number of hydrogen-bond donors (Lipinski definition) is 1. The first-order chi connectivity index (χ1) is 13.5. The molecule has 1 N–H and O–H groups in total. The van der Waals surface area contributed by atoms with Crippen molar-refractivity contribution in [3.63, 3.8) is 0 Å². The van der Waals surface area contributed by atoms with Gasteiger partial charge in [0.05, 0.1) is 0 Å². The number of nitrogens with one attached hydrogen (secondary N) is 1. The average molecular weight is 423 g/mol. The number of unbranched alkanes of at least 4 members (excludes halogenated alkanes) is 4. The van der Waals surface area contributed by atoms with Gasteiger partial charge in [0.25, 0.3) is 5.91 Å². The summed E-state index contributed by atoms with van der Waals surface area (Å²) < 4.78 is 0. The van der Waals surface area contributed by atoms with Gasteiger partial charge in [-0.15, -0.1) is 0 Å². The number of benzene rings is 1. The van der Waals surface area contributed by atoms with Crippen molar-refractivity contribution in [2.75, 3.05) is 12.8 Å². The van der Waals surface area contributed by atoms with E-state index in [0.717, 1.165) is 22.9 Å². The van der Waals surface area contributed by atoms with E-state index in [4.69, 9.17) is 16.6 Å². The summed E-state index contributed by atoms with van der Waals surface area (Å²) in [5, 5.41) is 3.90. The minimum absolute atomic E-state index is 0.303. The van der Waals surface area contributed by atoms with E-state index in [2.05, 4.69) is 12.2 Å². The molecule has 1 fully saturated rings. The number of urea groups is 1. The third-order valence-electron chi connectivity index (χ3n) is 5.10. The first-order valence-corrected chi connectivity index (χ1v) is 11.2. The van der Waals surface area contributed by atoms with Crippen molar-refractivity contribution in [1.82, 2.24) is 15.1 Å².